The average molecular weight is 103 g/mol. The molecule has 1 radical (unpaired) electrons. The molecule has 4 heteroatoms. The van der Waals surface area contributed by atoms with Gasteiger partial charge in [-0.25, -0.2) is 0 Å². The summed E-state index contributed by atoms with van der Waals surface area (Å²) in [6.45, 7) is 1.34. The molecule has 0 saturated heterocycles. The summed E-state index contributed by atoms with van der Waals surface area (Å²) in [6.07, 6.45) is 0. The van der Waals surface area contributed by atoms with Crippen LogP contribution in [0.1, 0.15) is 0 Å². The first-order valence-corrected chi connectivity index (χ1v) is 2.54. The fraction of sp³-hybridized carbons (Fsp3) is 1.00. The Morgan fingerprint density at radius 3 is 1.40 bits per heavy atom. The minimum atomic E-state index is -1.62. The molecule has 0 aromatic carbocycles. The molecule has 0 bridgehead atoms. The molecule has 0 aliphatic heterocycles. The van der Waals surface area contributed by atoms with Gasteiger partial charge in [-0.1, -0.05) is 0 Å². The van der Waals surface area contributed by atoms with Crippen LogP contribution >= 0.6 is 8.38 Å². The minimum Gasteiger partial charge on any atom is -0.350 e. The van der Waals surface area contributed by atoms with Crippen molar-refractivity contribution in [3.05, 3.63) is 0 Å². The van der Waals surface area contributed by atoms with Crippen LogP contribution in [0.2, 0.25) is 0 Å². The molecule has 5 heavy (non-hydrogen) atoms. The molecule has 0 fully saturated rings. The van der Waals surface area contributed by atoms with Crippen molar-refractivity contribution in [1.29, 1.82) is 0 Å². The Morgan fingerprint density at radius 2 is 1.40 bits per heavy atom. The Labute approximate surface area is 54.4 Å². The van der Waals surface area contributed by atoms with Gasteiger partial charge in [0.15, 0.2) is 8.38 Å². The van der Waals surface area contributed by atoms with E-state index in [2.05, 4.69) is 0 Å². The number of hydrogen-bond acceptors (Lipinski definition) is 2. The van der Waals surface area contributed by atoms with E-state index in [1.54, 1.807) is 0 Å². The van der Waals surface area contributed by atoms with Crippen LogP contribution in [0.3, 0.4) is 0 Å². The maximum Gasteiger partial charge on any atom is 0.161 e. The quantitative estimate of drug-likeness (QED) is 0.321. The van der Waals surface area contributed by atoms with Gasteiger partial charge in [-0.05, 0) is 0 Å². The zero-order chi connectivity index (χ0) is 3.58. The van der Waals surface area contributed by atoms with Gasteiger partial charge in [-0.15, -0.1) is 0 Å². The first-order chi connectivity index (χ1) is 1.73. The molecule has 0 saturated carbocycles. The van der Waals surface area contributed by atoms with Gasteiger partial charge in [0.2, 0.25) is 0 Å². The normalized spacial score (nSPS) is 7.20. The standard InChI is InChI=1S/CH5O2P.Na/c1-4(2)3;/h2-3H,1H3;. The van der Waals surface area contributed by atoms with Crippen molar-refractivity contribution in [2.75, 3.05) is 6.66 Å². The van der Waals surface area contributed by atoms with Crippen LogP contribution in [0.25, 0.3) is 0 Å². The zero-order valence-electron chi connectivity index (χ0n) is 3.34. The van der Waals surface area contributed by atoms with E-state index >= 15 is 0 Å². The summed E-state index contributed by atoms with van der Waals surface area (Å²) in [5.41, 5.74) is 0. The Hall–Kier alpha value is 1.35. The van der Waals surface area contributed by atoms with Crippen LogP contribution in [-0.2, 0) is 0 Å². The maximum absolute atomic E-state index is 7.68. The summed E-state index contributed by atoms with van der Waals surface area (Å²) < 4.78 is 0. The summed E-state index contributed by atoms with van der Waals surface area (Å²) in [4.78, 5) is 15.4. The smallest absolute Gasteiger partial charge is 0.161 e. The predicted octanol–water partition coefficient (Wildman–Crippen LogP) is -0.468. The molecule has 2 nitrogen and oxygen atoms in total. The summed E-state index contributed by atoms with van der Waals surface area (Å²) in [6, 6.07) is 0. The summed E-state index contributed by atoms with van der Waals surface area (Å²) >= 11 is 0. The van der Waals surface area contributed by atoms with Gasteiger partial charge in [-0.3, -0.25) is 0 Å². The molecule has 0 aromatic heterocycles. The van der Waals surface area contributed by atoms with E-state index in [0.717, 1.165) is 0 Å². The molecule has 2 N–H and O–H groups in total. The first kappa shape index (κ1) is 9.61. The van der Waals surface area contributed by atoms with E-state index in [-0.39, 0.29) is 29.6 Å². The molecule has 0 rings (SSSR count). The largest absolute Gasteiger partial charge is 0.350 e. The summed E-state index contributed by atoms with van der Waals surface area (Å²) in [7, 11) is -1.62. The van der Waals surface area contributed by atoms with Gasteiger partial charge in [0, 0.05) is 36.2 Å². The molecule has 27 valence electrons. The molecule has 0 heterocycles. The molecule has 0 atom stereocenters. The van der Waals surface area contributed by atoms with Crippen molar-refractivity contribution >= 4 is 37.9 Å². The van der Waals surface area contributed by atoms with E-state index in [1.165, 1.54) is 6.66 Å². The second kappa shape index (κ2) is 5.35. The number of rotatable bonds is 0. The molecular formula is CH5NaO2P. The molecule has 0 amide bonds. The van der Waals surface area contributed by atoms with E-state index in [4.69, 9.17) is 9.79 Å². The van der Waals surface area contributed by atoms with Crippen molar-refractivity contribution < 1.29 is 9.79 Å². The second-order valence-corrected chi connectivity index (χ2v) is 1.47. The maximum atomic E-state index is 7.68. The van der Waals surface area contributed by atoms with Gasteiger partial charge >= 0.3 is 0 Å². The fourth-order valence-corrected chi connectivity index (χ4v) is 0. The SMILES string of the molecule is CP(O)O.[Na]. The Kier molecular flexibility index (Phi) is 10.3. The van der Waals surface area contributed by atoms with E-state index in [1.807, 2.05) is 0 Å². The Morgan fingerprint density at radius 1 is 1.40 bits per heavy atom. The molecule has 0 aliphatic rings. The Balaban J connectivity index is 0. The molecule has 0 spiro atoms. The van der Waals surface area contributed by atoms with Crippen LogP contribution in [0, 0.1) is 0 Å². The van der Waals surface area contributed by atoms with E-state index < -0.39 is 8.38 Å². The Bertz CT molecular complexity index is 14.4. The summed E-state index contributed by atoms with van der Waals surface area (Å²) in [5, 5.41) is 0. The van der Waals surface area contributed by atoms with Crippen LogP contribution < -0.4 is 0 Å². The molecule has 0 aromatic rings. The van der Waals surface area contributed by atoms with Gasteiger partial charge < -0.3 is 9.79 Å². The van der Waals surface area contributed by atoms with Crippen molar-refractivity contribution in [2.45, 2.75) is 0 Å². The molecule has 0 aliphatic carbocycles. The third-order valence-corrected chi connectivity index (χ3v) is 0. The van der Waals surface area contributed by atoms with E-state index in [0.29, 0.717) is 0 Å². The van der Waals surface area contributed by atoms with Gasteiger partial charge in [0.25, 0.3) is 0 Å². The van der Waals surface area contributed by atoms with Crippen LogP contribution in [0.5, 0.6) is 0 Å². The van der Waals surface area contributed by atoms with Crippen LogP contribution in [-0.4, -0.2) is 46.0 Å². The number of hydrogen-bond donors (Lipinski definition) is 2. The third kappa shape index (κ3) is 32.9. The predicted molar refractivity (Wildman–Crippen MR) is 23.0 cm³/mol. The molecular weight excluding hydrogens is 98.0 g/mol. The van der Waals surface area contributed by atoms with Gasteiger partial charge in [0.05, 0.1) is 0 Å². The topological polar surface area (TPSA) is 40.5 Å². The third-order valence-electron chi connectivity index (χ3n) is 0. The fourth-order valence-electron chi connectivity index (χ4n) is 0. The van der Waals surface area contributed by atoms with Crippen molar-refractivity contribution in [1.82, 2.24) is 0 Å². The average Bonchev–Trinajstić information content (AvgIpc) is 0.811. The van der Waals surface area contributed by atoms with Crippen LogP contribution in [0.4, 0.5) is 0 Å². The van der Waals surface area contributed by atoms with E-state index in [9.17, 15) is 0 Å². The van der Waals surface area contributed by atoms with Crippen LogP contribution in [0.15, 0.2) is 0 Å². The van der Waals surface area contributed by atoms with Gasteiger partial charge in [0.1, 0.15) is 0 Å². The minimum absolute atomic E-state index is 0. The van der Waals surface area contributed by atoms with Crippen molar-refractivity contribution in [2.24, 2.45) is 0 Å². The second-order valence-electron chi connectivity index (χ2n) is 0.489. The first-order valence-electron chi connectivity index (χ1n) is 0.847. The van der Waals surface area contributed by atoms with Gasteiger partial charge in [-0.2, -0.15) is 0 Å². The van der Waals surface area contributed by atoms with Crippen molar-refractivity contribution in [3.8, 4) is 0 Å². The van der Waals surface area contributed by atoms with Crippen molar-refractivity contribution in [3.63, 3.8) is 0 Å². The monoisotopic (exact) mass is 103 g/mol. The summed E-state index contributed by atoms with van der Waals surface area (Å²) in [5.74, 6) is 0. The molecule has 0 unspecified atom stereocenters. The zero-order valence-corrected chi connectivity index (χ0v) is 6.24.